The predicted octanol–water partition coefficient (Wildman–Crippen LogP) is 2.72. The van der Waals surface area contributed by atoms with E-state index in [1.807, 2.05) is 0 Å². The first-order chi connectivity index (χ1) is 8.78. The van der Waals surface area contributed by atoms with Crippen LogP contribution in [0.1, 0.15) is 37.6 Å². The number of benzene rings is 1. The van der Waals surface area contributed by atoms with E-state index in [0.29, 0.717) is 17.8 Å². The summed E-state index contributed by atoms with van der Waals surface area (Å²) >= 11 is 0. The number of carbonyl (C=O) groups excluding carboxylic acids is 2. The molecule has 0 saturated carbocycles. The molecule has 19 heavy (non-hydrogen) atoms. The summed E-state index contributed by atoms with van der Waals surface area (Å²) in [4.78, 5) is 25.3. The van der Waals surface area contributed by atoms with Gasteiger partial charge >= 0.3 is 6.09 Å². The fourth-order valence-electron chi connectivity index (χ4n) is 1.96. The normalized spacial score (nSPS) is 15.1. The lowest BCUT2D eigenvalue weighted by molar-refractivity contribution is 0.0577. The Kier molecular flexibility index (Phi) is 3.22. The molecular formula is C14H17NO4. The molecular weight excluding hydrogens is 246 g/mol. The third-order valence-electron chi connectivity index (χ3n) is 2.75. The van der Waals surface area contributed by atoms with Gasteiger partial charge in [0.1, 0.15) is 11.4 Å². The molecule has 1 aliphatic heterocycles. The molecule has 0 saturated heterocycles. The van der Waals surface area contributed by atoms with Crippen LogP contribution in [0.5, 0.6) is 5.75 Å². The fraction of sp³-hybridized carbons (Fsp3) is 0.429. The van der Waals surface area contributed by atoms with Gasteiger partial charge in [0.05, 0.1) is 5.69 Å². The van der Waals surface area contributed by atoms with E-state index >= 15 is 0 Å². The molecule has 0 aliphatic carbocycles. The Labute approximate surface area is 111 Å². The van der Waals surface area contributed by atoms with Crippen LogP contribution in [0.4, 0.5) is 10.5 Å². The van der Waals surface area contributed by atoms with Gasteiger partial charge in [-0.3, -0.25) is 9.69 Å². The molecule has 1 amide bonds. The lowest BCUT2D eigenvalue weighted by Crippen LogP contribution is -2.41. The number of ether oxygens (including phenoxy) is 1. The summed E-state index contributed by atoms with van der Waals surface area (Å²) in [6, 6.07) is 4.40. The zero-order valence-electron chi connectivity index (χ0n) is 11.3. The Bertz CT molecular complexity index is 531. The van der Waals surface area contributed by atoms with Crippen molar-refractivity contribution in [3.63, 3.8) is 0 Å². The number of Topliss-reactive ketones (excluding diaryl/α,β-unsaturated/α-hetero) is 1. The van der Waals surface area contributed by atoms with E-state index in [-0.39, 0.29) is 18.0 Å². The van der Waals surface area contributed by atoms with Crippen molar-refractivity contribution in [2.75, 3.05) is 11.4 Å². The van der Waals surface area contributed by atoms with Crippen LogP contribution in [0.15, 0.2) is 18.2 Å². The van der Waals surface area contributed by atoms with Crippen molar-refractivity contribution in [1.29, 1.82) is 0 Å². The summed E-state index contributed by atoms with van der Waals surface area (Å²) < 4.78 is 5.31. The molecule has 1 heterocycles. The molecule has 0 fully saturated rings. The van der Waals surface area contributed by atoms with E-state index in [2.05, 4.69) is 0 Å². The minimum absolute atomic E-state index is 0.0122. The number of carbonyl (C=O) groups is 2. The zero-order chi connectivity index (χ0) is 14.2. The highest BCUT2D eigenvalue weighted by atomic mass is 16.6. The maximum atomic E-state index is 12.1. The molecule has 1 aliphatic rings. The van der Waals surface area contributed by atoms with Crippen molar-refractivity contribution < 1.29 is 19.4 Å². The molecule has 102 valence electrons. The summed E-state index contributed by atoms with van der Waals surface area (Å²) in [5, 5.41) is 9.43. The van der Waals surface area contributed by atoms with E-state index in [9.17, 15) is 14.7 Å². The van der Waals surface area contributed by atoms with Crippen molar-refractivity contribution in [3.8, 4) is 5.75 Å². The zero-order valence-corrected chi connectivity index (χ0v) is 11.3. The monoisotopic (exact) mass is 263 g/mol. The standard InChI is InChI=1S/C14H17NO4/c1-14(2,3)19-13(18)15-7-6-12(17)10-8-9(16)4-5-11(10)15/h4-5,8,16H,6-7H2,1-3H3. The van der Waals surface area contributed by atoms with Crippen LogP contribution in [0.3, 0.4) is 0 Å². The van der Waals surface area contributed by atoms with E-state index in [1.165, 1.54) is 17.0 Å². The molecule has 1 aromatic rings. The number of rotatable bonds is 0. The molecule has 5 heteroatoms. The first kappa shape index (κ1) is 13.4. The van der Waals surface area contributed by atoms with Crippen LogP contribution in [0.2, 0.25) is 0 Å². The quantitative estimate of drug-likeness (QED) is 0.781. The van der Waals surface area contributed by atoms with Crippen molar-refractivity contribution >= 4 is 17.6 Å². The largest absolute Gasteiger partial charge is 0.508 e. The summed E-state index contributed by atoms with van der Waals surface area (Å²) in [5.74, 6) is -0.0659. The average Bonchev–Trinajstić information content (AvgIpc) is 2.27. The van der Waals surface area contributed by atoms with Crippen molar-refractivity contribution in [3.05, 3.63) is 23.8 Å². The Morgan fingerprint density at radius 2 is 2.05 bits per heavy atom. The van der Waals surface area contributed by atoms with Gasteiger partial charge in [-0.15, -0.1) is 0 Å². The Morgan fingerprint density at radius 3 is 2.68 bits per heavy atom. The first-order valence-corrected chi connectivity index (χ1v) is 6.15. The van der Waals surface area contributed by atoms with Crippen LogP contribution in [-0.4, -0.2) is 29.1 Å². The van der Waals surface area contributed by atoms with Crippen LogP contribution in [0.25, 0.3) is 0 Å². The Morgan fingerprint density at radius 1 is 1.37 bits per heavy atom. The van der Waals surface area contributed by atoms with Crippen LogP contribution in [-0.2, 0) is 4.74 Å². The third kappa shape index (κ3) is 2.86. The van der Waals surface area contributed by atoms with Gasteiger partial charge in [-0.2, -0.15) is 0 Å². The van der Waals surface area contributed by atoms with Crippen LogP contribution in [0, 0.1) is 0 Å². The fourth-order valence-corrected chi connectivity index (χ4v) is 1.96. The highest BCUT2D eigenvalue weighted by Gasteiger charge is 2.30. The van der Waals surface area contributed by atoms with Gasteiger partial charge in [0, 0.05) is 18.5 Å². The van der Waals surface area contributed by atoms with Gasteiger partial charge in [-0.05, 0) is 39.0 Å². The van der Waals surface area contributed by atoms with Gasteiger partial charge < -0.3 is 9.84 Å². The second-order valence-corrected chi connectivity index (χ2v) is 5.51. The highest BCUT2D eigenvalue weighted by Crippen LogP contribution is 2.31. The summed E-state index contributed by atoms with van der Waals surface area (Å²) in [5.41, 5.74) is 0.260. The number of fused-ring (bicyclic) bond motifs is 1. The minimum atomic E-state index is -0.588. The minimum Gasteiger partial charge on any atom is -0.508 e. The van der Waals surface area contributed by atoms with E-state index in [0.717, 1.165) is 0 Å². The topological polar surface area (TPSA) is 66.8 Å². The van der Waals surface area contributed by atoms with Gasteiger partial charge in [0.2, 0.25) is 0 Å². The second kappa shape index (κ2) is 4.57. The van der Waals surface area contributed by atoms with E-state index in [1.54, 1.807) is 26.8 Å². The van der Waals surface area contributed by atoms with Gasteiger partial charge in [-0.1, -0.05) is 0 Å². The number of hydrogen-bond acceptors (Lipinski definition) is 4. The third-order valence-corrected chi connectivity index (χ3v) is 2.75. The molecule has 0 radical (unpaired) electrons. The average molecular weight is 263 g/mol. The molecule has 5 nitrogen and oxygen atoms in total. The van der Waals surface area contributed by atoms with Crippen molar-refractivity contribution in [2.45, 2.75) is 32.8 Å². The number of anilines is 1. The molecule has 0 aromatic heterocycles. The van der Waals surface area contributed by atoms with Gasteiger partial charge in [0.15, 0.2) is 5.78 Å². The van der Waals surface area contributed by atoms with Crippen molar-refractivity contribution in [1.82, 2.24) is 0 Å². The van der Waals surface area contributed by atoms with E-state index < -0.39 is 11.7 Å². The van der Waals surface area contributed by atoms with Crippen LogP contribution < -0.4 is 4.90 Å². The number of nitrogens with zero attached hydrogens (tertiary/aromatic N) is 1. The number of amides is 1. The predicted molar refractivity (Wildman–Crippen MR) is 70.6 cm³/mol. The number of phenols is 1. The number of hydrogen-bond donors (Lipinski definition) is 1. The number of ketones is 1. The summed E-state index contributed by atoms with van der Waals surface area (Å²) in [6.45, 7) is 5.67. The lowest BCUT2D eigenvalue weighted by Gasteiger charge is -2.31. The highest BCUT2D eigenvalue weighted by molar-refractivity contribution is 6.07. The summed E-state index contributed by atoms with van der Waals surface area (Å²) in [6.07, 6.45) is -0.248. The van der Waals surface area contributed by atoms with Crippen LogP contribution >= 0.6 is 0 Å². The molecule has 1 aromatic carbocycles. The molecule has 0 spiro atoms. The Hall–Kier alpha value is -2.04. The molecule has 0 unspecified atom stereocenters. The molecule has 1 N–H and O–H groups in total. The Balaban J connectivity index is 2.33. The van der Waals surface area contributed by atoms with Gasteiger partial charge in [-0.25, -0.2) is 4.79 Å². The molecule has 0 atom stereocenters. The maximum Gasteiger partial charge on any atom is 0.414 e. The first-order valence-electron chi connectivity index (χ1n) is 6.15. The van der Waals surface area contributed by atoms with Gasteiger partial charge in [0.25, 0.3) is 0 Å². The smallest absolute Gasteiger partial charge is 0.414 e. The summed E-state index contributed by atoms with van der Waals surface area (Å²) in [7, 11) is 0. The van der Waals surface area contributed by atoms with E-state index in [4.69, 9.17) is 4.74 Å². The lowest BCUT2D eigenvalue weighted by atomic mass is 10.0. The SMILES string of the molecule is CC(C)(C)OC(=O)N1CCC(=O)c2cc(O)ccc21. The van der Waals surface area contributed by atoms with Crippen molar-refractivity contribution in [2.24, 2.45) is 0 Å². The maximum absolute atomic E-state index is 12.1. The molecule has 0 bridgehead atoms. The second-order valence-electron chi connectivity index (χ2n) is 5.51. The number of phenolic OH excluding ortho intramolecular Hbond substituents is 1. The number of aromatic hydroxyl groups is 1. The molecule has 2 rings (SSSR count).